The monoisotopic (exact) mass is 675 g/mol. The van der Waals surface area contributed by atoms with Gasteiger partial charge in [0.2, 0.25) is 0 Å². The van der Waals surface area contributed by atoms with Crippen molar-refractivity contribution in [1.82, 2.24) is 24.5 Å². The van der Waals surface area contributed by atoms with Crippen molar-refractivity contribution in [2.75, 3.05) is 18.9 Å². The molecular weight excluding hydrogens is 651 g/mol. The lowest BCUT2D eigenvalue weighted by atomic mass is 10.0. The summed E-state index contributed by atoms with van der Waals surface area (Å²) in [6.45, 7) is -5.60. The third-order valence-corrected chi connectivity index (χ3v) is 10.2. The lowest BCUT2D eigenvalue weighted by molar-refractivity contribution is -0.0455. The number of thiol groups is 2. The van der Waals surface area contributed by atoms with Crippen LogP contribution in [0.1, 0.15) is 28.4 Å². The molecule has 6 heterocycles. The van der Waals surface area contributed by atoms with Gasteiger partial charge in [-0.25, -0.2) is 28.5 Å². The first-order valence-corrected chi connectivity index (χ1v) is 17.9. The van der Waals surface area contributed by atoms with Gasteiger partial charge in [-0.2, -0.15) is 0 Å². The molecule has 9 atom stereocenters. The molecule has 0 radical (unpaired) electrons. The van der Waals surface area contributed by atoms with Crippen LogP contribution < -0.4 is 11.5 Å². The number of alkyl halides is 1. The Balaban J connectivity index is 1.30. The zero-order valence-electron chi connectivity index (χ0n) is 21.8. The van der Waals surface area contributed by atoms with E-state index in [9.17, 15) is 13.9 Å². The largest absolute Gasteiger partial charge is 0.386 e. The highest BCUT2D eigenvalue weighted by Gasteiger charge is 2.52. The number of imidazole rings is 1. The van der Waals surface area contributed by atoms with Gasteiger partial charge in [-0.1, -0.05) is 31.1 Å². The number of primary amides is 1. The number of nitrogen functional groups attached to an aromatic ring is 1. The predicted octanol–water partition coefficient (Wildman–Crippen LogP) is 2.73. The Labute approximate surface area is 253 Å². The summed E-state index contributed by atoms with van der Waals surface area (Å²) in [6.07, 6.45) is -5.69. The van der Waals surface area contributed by atoms with Crippen molar-refractivity contribution in [2.45, 2.75) is 42.9 Å². The number of ether oxygens (including phenoxy) is 2. The fraction of sp³-hybridized carbons (Fsp3) is 0.409. The number of halogens is 1. The van der Waals surface area contributed by atoms with Gasteiger partial charge in [-0.15, -0.1) is 0 Å². The third-order valence-electron chi connectivity index (χ3n) is 6.95. The molecule has 0 spiro atoms. The van der Waals surface area contributed by atoms with Crippen LogP contribution >= 0.6 is 38.1 Å². The van der Waals surface area contributed by atoms with Crippen LogP contribution in [0.4, 0.5) is 10.2 Å². The summed E-state index contributed by atoms with van der Waals surface area (Å²) in [5.74, 6) is -0.722. The van der Waals surface area contributed by atoms with Gasteiger partial charge in [0.25, 0.3) is 5.91 Å². The molecule has 6 rings (SSSR count). The molecule has 3 saturated heterocycles. The highest BCUT2D eigenvalue weighted by molar-refractivity contribution is 8.44. The zero-order valence-corrected chi connectivity index (χ0v) is 25.4. The second kappa shape index (κ2) is 11.5. The summed E-state index contributed by atoms with van der Waals surface area (Å²) >= 11 is 8.14. The molecule has 0 saturated carbocycles. The van der Waals surface area contributed by atoms with E-state index in [2.05, 4.69) is 51.0 Å². The Bertz CT molecular complexity index is 1700. The highest BCUT2D eigenvalue weighted by Crippen LogP contribution is 2.61. The molecule has 16 nitrogen and oxygen atoms in total. The van der Waals surface area contributed by atoms with Crippen molar-refractivity contribution in [3.8, 4) is 0 Å². The Morgan fingerprint density at radius 3 is 2.58 bits per heavy atom. The van der Waals surface area contributed by atoms with E-state index in [0.717, 1.165) is 0 Å². The fourth-order valence-corrected chi connectivity index (χ4v) is 7.82. The van der Waals surface area contributed by atoms with Crippen molar-refractivity contribution in [3.63, 3.8) is 0 Å². The zero-order chi connectivity index (χ0) is 30.7. The summed E-state index contributed by atoms with van der Waals surface area (Å²) in [6, 6.07) is 2.90. The van der Waals surface area contributed by atoms with Gasteiger partial charge in [0.1, 0.15) is 48.1 Å². The predicted molar refractivity (Wildman–Crippen MR) is 153 cm³/mol. The van der Waals surface area contributed by atoms with Crippen molar-refractivity contribution < 1.29 is 45.9 Å². The Morgan fingerprint density at radius 1 is 1.07 bits per heavy atom. The second-order valence-electron chi connectivity index (χ2n) is 9.68. The molecule has 0 aromatic carbocycles. The molecule has 3 aromatic rings. The van der Waals surface area contributed by atoms with Crippen LogP contribution in [0, 0.1) is 0 Å². The quantitative estimate of drug-likeness (QED) is 0.179. The first kappa shape index (κ1) is 30.6. The van der Waals surface area contributed by atoms with Crippen LogP contribution in [0.15, 0.2) is 43.1 Å². The minimum absolute atomic E-state index is 0.0577. The molecule has 0 aliphatic carbocycles. The van der Waals surface area contributed by atoms with Crippen molar-refractivity contribution >= 4 is 61.0 Å². The molecule has 1 amide bonds. The summed E-state index contributed by atoms with van der Waals surface area (Å²) in [5.41, 5.74) is 12.1. The Morgan fingerprint density at radius 2 is 1.81 bits per heavy atom. The SMILES string of the molecule is C=C1[C@H]2OP(=O)(S)OC[C@H]3O[C@@H](n4cnc5c(N)ncnc54)[C@H](F)[C@@H]3OP(=O)(S)OC[C@H]1O[C@H]2c1ccnc(C(N)=O)c1. The number of anilines is 1. The molecule has 2 bridgehead atoms. The van der Waals surface area contributed by atoms with Crippen LogP contribution in [0.3, 0.4) is 0 Å². The Kier molecular flexibility index (Phi) is 8.17. The van der Waals surface area contributed by atoms with Crippen molar-refractivity contribution in [2.24, 2.45) is 5.73 Å². The van der Waals surface area contributed by atoms with Gasteiger partial charge in [0.15, 0.2) is 23.9 Å². The number of aromatic nitrogens is 5. The molecule has 4 N–H and O–H groups in total. The van der Waals surface area contributed by atoms with Crippen LogP contribution in [0.2, 0.25) is 0 Å². The van der Waals surface area contributed by atoms with Gasteiger partial charge in [-0.3, -0.25) is 32.4 Å². The van der Waals surface area contributed by atoms with Gasteiger partial charge < -0.3 is 20.9 Å². The van der Waals surface area contributed by atoms with E-state index in [1.807, 2.05) is 0 Å². The normalized spacial score (nSPS) is 36.9. The van der Waals surface area contributed by atoms with Gasteiger partial charge in [-0.05, 0) is 23.3 Å². The van der Waals surface area contributed by atoms with E-state index in [1.165, 1.54) is 35.6 Å². The summed E-state index contributed by atoms with van der Waals surface area (Å²) < 4.78 is 78.2. The number of hydrogen-bond acceptors (Lipinski definition) is 14. The summed E-state index contributed by atoms with van der Waals surface area (Å²) in [4.78, 5) is 27.7. The number of rotatable bonds is 3. The standard InChI is InChI=1S/C22H24FN7O9P2S2/c1-9-12-5-34-41(33,43)39-18-13(37-22(14(18)23)30-8-29-15-19(24)27-7-28-21(15)30)6-35-40(32,42)38-16(9)17(36-12)10-2-3-26-11(4-10)20(25)31/h2-4,7-8,12-14,16-18,22H,1,5-6H2,(H2,25,31)(H,32,42)(H,33,43)(H2,24,27,28)/t12-,13-,14-,16-,17+,18-,22-,40?,41?/m1/s1. The number of pyridine rings is 1. The average molecular weight is 676 g/mol. The van der Waals surface area contributed by atoms with Crippen molar-refractivity contribution in [1.29, 1.82) is 0 Å². The maximum atomic E-state index is 16.0. The number of hydrogen-bond donors (Lipinski definition) is 4. The van der Waals surface area contributed by atoms with Crippen LogP contribution in [-0.4, -0.2) is 74.2 Å². The lowest BCUT2D eigenvalue weighted by Crippen LogP contribution is -2.33. The van der Waals surface area contributed by atoms with E-state index in [-0.39, 0.29) is 28.2 Å². The molecule has 3 aliphatic rings. The van der Waals surface area contributed by atoms with Gasteiger partial charge in [0, 0.05) is 6.20 Å². The van der Waals surface area contributed by atoms with E-state index < -0.39 is 75.6 Å². The van der Waals surface area contributed by atoms with Crippen LogP contribution in [0.25, 0.3) is 11.2 Å². The van der Waals surface area contributed by atoms with Crippen molar-refractivity contribution in [3.05, 3.63) is 54.4 Å². The van der Waals surface area contributed by atoms with E-state index in [1.54, 1.807) is 0 Å². The smallest absolute Gasteiger partial charge is 0.382 e. The molecule has 3 aromatic heterocycles. The number of amides is 1. The summed E-state index contributed by atoms with van der Waals surface area (Å²) in [7, 11) is 0. The van der Waals surface area contributed by atoms with Crippen LogP contribution in [0.5, 0.6) is 0 Å². The Hall–Kier alpha value is -2.44. The van der Waals surface area contributed by atoms with Gasteiger partial charge in [0.05, 0.1) is 19.5 Å². The van der Waals surface area contributed by atoms with Crippen LogP contribution in [-0.2, 0) is 36.7 Å². The highest BCUT2D eigenvalue weighted by atomic mass is 32.7. The van der Waals surface area contributed by atoms with Gasteiger partial charge >= 0.3 is 13.6 Å². The minimum Gasteiger partial charge on any atom is -0.382 e. The molecule has 21 heteroatoms. The number of carbonyl (C=O) groups is 1. The minimum atomic E-state index is -4.30. The maximum absolute atomic E-state index is 16.0. The molecular formula is C22H24FN7O9P2S2. The van der Waals surface area contributed by atoms with E-state index in [4.69, 9.17) is 39.0 Å². The molecule has 43 heavy (non-hydrogen) atoms. The van der Waals surface area contributed by atoms with E-state index >= 15 is 4.39 Å². The fourth-order valence-electron chi connectivity index (χ4n) is 4.92. The maximum Gasteiger partial charge on any atom is 0.386 e. The third kappa shape index (κ3) is 5.99. The second-order valence-corrected chi connectivity index (χ2v) is 15.4. The molecule has 2 unspecified atom stereocenters. The topological polar surface area (TPSA) is 215 Å². The lowest BCUT2D eigenvalue weighted by Gasteiger charge is -2.25. The first-order chi connectivity index (χ1) is 20.3. The molecule has 3 fully saturated rings. The summed E-state index contributed by atoms with van der Waals surface area (Å²) in [5, 5.41) is 0. The molecule has 230 valence electrons. The number of fused-ring (bicyclic) bond motifs is 4. The average Bonchev–Trinajstić information content (AvgIpc) is 3.61. The molecule has 3 aliphatic heterocycles. The number of nitrogens with zero attached hydrogens (tertiary/aromatic N) is 5. The first-order valence-electron chi connectivity index (χ1n) is 12.5. The number of carbonyl (C=O) groups excluding carboxylic acids is 1. The van der Waals surface area contributed by atoms with E-state index in [0.29, 0.717) is 5.56 Å². The number of nitrogens with two attached hydrogens (primary N) is 2.